The van der Waals surface area contributed by atoms with E-state index in [0.717, 1.165) is 36.6 Å². The molecular weight excluding hydrogens is 354 g/mol. The second kappa shape index (κ2) is 7.59. The molecule has 0 bridgehead atoms. The Morgan fingerprint density at radius 3 is 2.79 bits per heavy atom. The summed E-state index contributed by atoms with van der Waals surface area (Å²) in [5.74, 6) is -0.128. The first-order valence-corrected chi connectivity index (χ1v) is 10.2. The normalized spacial score (nSPS) is 22.6. The van der Waals surface area contributed by atoms with Gasteiger partial charge in [-0.3, -0.25) is 9.59 Å². The second-order valence-corrected chi connectivity index (χ2v) is 8.21. The number of fused-ring (bicyclic) bond motifs is 3. The molecule has 4 rings (SSSR count). The van der Waals surface area contributed by atoms with Gasteiger partial charge in [0.25, 0.3) is 5.91 Å². The molecule has 6 heteroatoms. The Labute approximate surface area is 165 Å². The zero-order valence-electron chi connectivity index (χ0n) is 16.7. The maximum absolute atomic E-state index is 13.4. The summed E-state index contributed by atoms with van der Waals surface area (Å²) in [6.45, 7) is 3.43. The Morgan fingerprint density at radius 2 is 2.04 bits per heavy atom. The number of methoxy groups -OCH3 is 1. The standard InChI is InChI=1S/C22H29N3O3/c1-22(21(27)23-17-9-4-5-10-17)15-24-18-11-6-3-8-16(18)14-19(24)20(26)25(22)12-7-13-28-2/h3,6,8,11,14,17H,4-5,7,9-10,12-13,15H2,1-2H3,(H,23,27)/t22-/m1/s1. The third kappa shape index (κ3) is 3.20. The molecular formula is C22H29N3O3. The highest BCUT2D eigenvalue weighted by Gasteiger charge is 2.47. The van der Waals surface area contributed by atoms with Gasteiger partial charge in [0.1, 0.15) is 11.2 Å². The monoisotopic (exact) mass is 383 g/mol. The number of aromatic nitrogens is 1. The minimum atomic E-state index is -0.914. The summed E-state index contributed by atoms with van der Waals surface area (Å²) in [7, 11) is 1.65. The van der Waals surface area contributed by atoms with Crippen LogP contribution in [0.5, 0.6) is 0 Å². The number of benzene rings is 1. The number of hydrogen-bond acceptors (Lipinski definition) is 3. The molecule has 1 saturated carbocycles. The average molecular weight is 383 g/mol. The molecule has 1 aliphatic heterocycles. The van der Waals surface area contributed by atoms with Crippen LogP contribution in [-0.2, 0) is 16.1 Å². The molecule has 0 saturated heterocycles. The summed E-state index contributed by atoms with van der Waals surface area (Å²) < 4.78 is 7.19. The number of para-hydroxylation sites is 1. The summed E-state index contributed by atoms with van der Waals surface area (Å²) in [5.41, 5.74) is 0.745. The predicted octanol–water partition coefficient (Wildman–Crippen LogP) is 2.95. The second-order valence-electron chi connectivity index (χ2n) is 8.21. The van der Waals surface area contributed by atoms with E-state index in [0.29, 0.717) is 31.8 Å². The molecule has 2 aliphatic rings. The van der Waals surface area contributed by atoms with Gasteiger partial charge in [0.15, 0.2) is 0 Å². The van der Waals surface area contributed by atoms with Crippen molar-refractivity contribution in [1.29, 1.82) is 0 Å². The number of carbonyl (C=O) groups is 2. The van der Waals surface area contributed by atoms with Gasteiger partial charge in [0.05, 0.1) is 6.54 Å². The van der Waals surface area contributed by atoms with Crippen LogP contribution in [0.2, 0.25) is 0 Å². The Morgan fingerprint density at radius 1 is 1.29 bits per heavy atom. The molecule has 1 aliphatic carbocycles. The molecule has 2 heterocycles. The van der Waals surface area contributed by atoms with Gasteiger partial charge < -0.3 is 19.5 Å². The van der Waals surface area contributed by atoms with Crippen molar-refractivity contribution in [2.45, 2.75) is 57.2 Å². The zero-order valence-corrected chi connectivity index (χ0v) is 16.7. The lowest BCUT2D eigenvalue weighted by molar-refractivity contribution is -0.133. The average Bonchev–Trinajstić information content (AvgIpc) is 3.32. The van der Waals surface area contributed by atoms with Gasteiger partial charge in [0, 0.05) is 37.2 Å². The van der Waals surface area contributed by atoms with Crippen LogP contribution in [0.15, 0.2) is 30.3 Å². The SMILES string of the molecule is COCCCN1C(=O)c2cc3ccccc3n2C[C@]1(C)C(=O)NC1CCCC1. The first kappa shape index (κ1) is 19.0. The summed E-state index contributed by atoms with van der Waals surface area (Å²) in [4.78, 5) is 28.6. The van der Waals surface area contributed by atoms with Crippen LogP contribution in [0.1, 0.15) is 49.5 Å². The van der Waals surface area contributed by atoms with Crippen LogP contribution in [0.25, 0.3) is 10.9 Å². The topological polar surface area (TPSA) is 63.6 Å². The summed E-state index contributed by atoms with van der Waals surface area (Å²) in [6.07, 6.45) is 5.07. The predicted molar refractivity (Wildman–Crippen MR) is 108 cm³/mol. The quantitative estimate of drug-likeness (QED) is 0.780. The van der Waals surface area contributed by atoms with Crippen molar-refractivity contribution in [1.82, 2.24) is 14.8 Å². The number of hydrogen-bond donors (Lipinski definition) is 1. The van der Waals surface area contributed by atoms with Crippen molar-refractivity contribution in [3.8, 4) is 0 Å². The summed E-state index contributed by atoms with van der Waals surface area (Å²) >= 11 is 0. The molecule has 150 valence electrons. The van der Waals surface area contributed by atoms with E-state index in [4.69, 9.17) is 4.74 Å². The van der Waals surface area contributed by atoms with Crippen LogP contribution >= 0.6 is 0 Å². The highest BCUT2D eigenvalue weighted by atomic mass is 16.5. The summed E-state index contributed by atoms with van der Waals surface area (Å²) in [6, 6.07) is 10.1. The molecule has 2 aromatic rings. The van der Waals surface area contributed by atoms with E-state index in [-0.39, 0.29) is 17.9 Å². The molecule has 0 radical (unpaired) electrons. The van der Waals surface area contributed by atoms with Crippen LogP contribution < -0.4 is 5.32 Å². The fourth-order valence-electron chi connectivity index (χ4n) is 4.63. The van der Waals surface area contributed by atoms with Gasteiger partial charge in [-0.1, -0.05) is 31.0 Å². The van der Waals surface area contributed by atoms with E-state index in [9.17, 15) is 9.59 Å². The number of amides is 2. The molecule has 1 N–H and O–H groups in total. The first-order valence-electron chi connectivity index (χ1n) is 10.2. The number of nitrogens with one attached hydrogen (secondary N) is 1. The van der Waals surface area contributed by atoms with Crippen molar-refractivity contribution in [3.05, 3.63) is 36.0 Å². The maximum atomic E-state index is 13.4. The van der Waals surface area contributed by atoms with Gasteiger partial charge in [-0.05, 0) is 38.3 Å². The van der Waals surface area contributed by atoms with Crippen molar-refractivity contribution in [3.63, 3.8) is 0 Å². The van der Waals surface area contributed by atoms with Crippen LogP contribution in [0.4, 0.5) is 0 Å². The zero-order chi connectivity index (χ0) is 19.7. The number of ether oxygens (including phenoxy) is 1. The van der Waals surface area contributed by atoms with Crippen molar-refractivity contribution < 1.29 is 14.3 Å². The largest absolute Gasteiger partial charge is 0.385 e. The van der Waals surface area contributed by atoms with E-state index in [1.807, 2.05) is 41.8 Å². The van der Waals surface area contributed by atoms with E-state index in [1.165, 1.54) is 0 Å². The van der Waals surface area contributed by atoms with Crippen LogP contribution in [-0.4, -0.2) is 53.1 Å². The van der Waals surface area contributed by atoms with Gasteiger partial charge in [-0.2, -0.15) is 0 Å². The fourth-order valence-corrected chi connectivity index (χ4v) is 4.63. The molecule has 1 atom stereocenters. The lowest BCUT2D eigenvalue weighted by Crippen LogP contribution is -2.65. The molecule has 28 heavy (non-hydrogen) atoms. The highest BCUT2D eigenvalue weighted by Crippen LogP contribution is 2.33. The molecule has 0 unspecified atom stereocenters. The number of nitrogens with zero attached hydrogens (tertiary/aromatic N) is 2. The molecule has 2 amide bonds. The Kier molecular flexibility index (Phi) is 5.15. The third-order valence-corrected chi connectivity index (χ3v) is 6.25. The molecule has 1 aromatic heterocycles. The highest BCUT2D eigenvalue weighted by molar-refractivity contribution is 6.03. The Hall–Kier alpha value is -2.34. The molecule has 1 aromatic carbocycles. The van der Waals surface area contributed by atoms with E-state index < -0.39 is 5.54 Å². The number of carbonyl (C=O) groups excluding carboxylic acids is 2. The van der Waals surface area contributed by atoms with E-state index >= 15 is 0 Å². The Bertz CT molecular complexity index is 884. The molecule has 1 fully saturated rings. The lowest BCUT2D eigenvalue weighted by atomic mass is 9.94. The van der Waals surface area contributed by atoms with Gasteiger partial charge in [0.2, 0.25) is 5.91 Å². The molecule has 6 nitrogen and oxygen atoms in total. The summed E-state index contributed by atoms with van der Waals surface area (Å²) in [5, 5.41) is 4.25. The van der Waals surface area contributed by atoms with Gasteiger partial charge in [-0.15, -0.1) is 0 Å². The van der Waals surface area contributed by atoms with Crippen LogP contribution in [0.3, 0.4) is 0 Å². The van der Waals surface area contributed by atoms with E-state index in [1.54, 1.807) is 12.0 Å². The number of rotatable bonds is 6. The maximum Gasteiger partial charge on any atom is 0.271 e. The van der Waals surface area contributed by atoms with Gasteiger partial charge >= 0.3 is 0 Å². The van der Waals surface area contributed by atoms with Gasteiger partial charge in [-0.25, -0.2) is 0 Å². The third-order valence-electron chi connectivity index (χ3n) is 6.25. The minimum absolute atomic E-state index is 0.0476. The molecule has 0 spiro atoms. The van der Waals surface area contributed by atoms with E-state index in [2.05, 4.69) is 5.32 Å². The fraction of sp³-hybridized carbons (Fsp3) is 0.545. The van der Waals surface area contributed by atoms with Crippen molar-refractivity contribution >= 4 is 22.7 Å². The lowest BCUT2D eigenvalue weighted by Gasteiger charge is -2.44. The first-order chi connectivity index (χ1) is 13.5. The van der Waals surface area contributed by atoms with Crippen LogP contribution in [0, 0.1) is 0 Å². The minimum Gasteiger partial charge on any atom is -0.385 e. The van der Waals surface area contributed by atoms with Crippen molar-refractivity contribution in [2.75, 3.05) is 20.3 Å². The Balaban J connectivity index is 1.70. The smallest absolute Gasteiger partial charge is 0.271 e. The van der Waals surface area contributed by atoms with Crippen molar-refractivity contribution in [2.24, 2.45) is 0 Å².